The van der Waals surface area contributed by atoms with Gasteiger partial charge < -0.3 is 19.2 Å². The van der Waals surface area contributed by atoms with Crippen LogP contribution >= 0.6 is 0 Å². The lowest BCUT2D eigenvalue weighted by molar-refractivity contribution is -0.206. The maximum atomic E-state index is 14.8. The fourth-order valence-corrected chi connectivity index (χ4v) is 6.50. The van der Waals surface area contributed by atoms with E-state index in [1.54, 1.807) is 85.9 Å². The van der Waals surface area contributed by atoms with Crippen LogP contribution in [0.3, 0.4) is 0 Å². The molecule has 282 valence electrons. The molecule has 0 bridgehead atoms. The van der Waals surface area contributed by atoms with Gasteiger partial charge in [-0.3, -0.25) is 19.5 Å². The van der Waals surface area contributed by atoms with E-state index < -0.39 is 61.8 Å². The standard InChI is InChI=1S/C39H44F3N3O7Si/c1-38(2,3)53(5,6)52-34(39(40,41)42)31(23-26-13-9-7-10-14-26)43-33(46)24-45-32(28-15-11-8-12-16-28)22-21-30(35(45)47)44-37(49)51-25-27-17-19-29(20-18-27)36(48)50-4/h7-22,31,34H,23-25H2,1-6H3,(H,43,46)(H,44,49). The molecule has 4 aromatic rings. The lowest BCUT2D eigenvalue weighted by Gasteiger charge is -2.42. The summed E-state index contributed by atoms with van der Waals surface area (Å²) in [6.45, 7) is 8.05. The van der Waals surface area contributed by atoms with Crippen LogP contribution in [-0.4, -0.2) is 56.3 Å². The molecular formula is C39H44F3N3O7Si. The van der Waals surface area contributed by atoms with E-state index in [1.165, 1.54) is 31.4 Å². The second-order valence-corrected chi connectivity index (χ2v) is 18.7. The van der Waals surface area contributed by atoms with Gasteiger partial charge in [0.15, 0.2) is 14.4 Å². The molecule has 0 saturated heterocycles. The molecule has 1 heterocycles. The molecule has 0 radical (unpaired) electrons. The van der Waals surface area contributed by atoms with Crippen LogP contribution in [0.15, 0.2) is 102 Å². The molecule has 0 aliphatic rings. The third-order valence-electron chi connectivity index (χ3n) is 9.09. The number of nitrogens with zero attached hydrogens (tertiary/aromatic N) is 1. The predicted molar refractivity (Wildman–Crippen MR) is 198 cm³/mol. The van der Waals surface area contributed by atoms with Gasteiger partial charge in [0.25, 0.3) is 5.56 Å². The van der Waals surface area contributed by atoms with E-state index in [9.17, 15) is 32.3 Å². The number of hydrogen-bond acceptors (Lipinski definition) is 7. The third kappa shape index (κ3) is 10.9. The number of aromatic nitrogens is 1. The summed E-state index contributed by atoms with van der Waals surface area (Å²) < 4.78 is 61.5. The number of carbonyl (C=O) groups excluding carboxylic acids is 3. The molecule has 3 aromatic carbocycles. The quantitative estimate of drug-likeness (QED) is 0.106. The van der Waals surface area contributed by atoms with Crippen LogP contribution in [0.5, 0.6) is 0 Å². The van der Waals surface area contributed by atoms with Gasteiger partial charge >= 0.3 is 18.2 Å². The van der Waals surface area contributed by atoms with Crippen LogP contribution in [0.1, 0.15) is 42.3 Å². The molecular weight excluding hydrogens is 708 g/mol. The van der Waals surface area contributed by atoms with Crippen LogP contribution in [-0.2, 0) is 38.3 Å². The van der Waals surface area contributed by atoms with Crippen LogP contribution < -0.4 is 16.2 Å². The van der Waals surface area contributed by atoms with Gasteiger partial charge in [0.2, 0.25) is 5.91 Å². The van der Waals surface area contributed by atoms with Gasteiger partial charge in [-0.15, -0.1) is 0 Å². The highest BCUT2D eigenvalue weighted by Gasteiger charge is 2.51. The molecule has 0 fully saturated rings. The Morgan fingerprint density at radius 1 is 0.830 bits per heavy atom. The van der Waals surface area contributed by atoms with Crippen molar-refractivity contribution in [2.75, 3.05) is 12.4 Å². The summed E-state index contributed by atoms with van der Waals surface area (Å²) in [7, 11) is -1.74. The molecule has 1 aromatic heterocycles. The zero-order chi connectivity index (χ0) is 39.0. The molecule has 2 unspecified atom stereocenters. The highest BCUT2D eigenvalue weighted by atomic mass is 28.4. The Kier molecular flexibility index (Phi) is 13.1. The topological polar surface area (TPSA) is 125 Å². The fourth-order valence-electron chi connectivity index (χ4n) is 5.21. The Bertz CT molecular complexity index is 1930. The highest BCUT2D eigenvalue weighted by Crippen LogP contribution is 2.40. The smallest absolute Gasteiger partial charge is 0.415 e. The Labute approximate surface area is 307 Å². The molecule has 0 aliphatic heterocycles. The van der Waals surface area contributed by atoms with E-state index in [1.807, 2.05) is 20.8 Å². The minimum absolute atomic E-state index is 0.188. The van der Waals surface area contributed by atoms with Crippen LogP contribution in [0.2, 0.25) is 18.1 Å². The minimum Gasteiger partial charge on any atom is -0.465 e. The largest absolute Gasteiger partial charge is 0.465 e. The van der Waals surface area contributed by atoms with Crippen molar-refractivity contribution in [2.24, 2.45) is 0 Å². The van der Waals surface area contributed by atoms with Crippen molar-refractivity contribution >= 4 is 32.0 Å². The number of ether oxygens (including phenoxy) is 2. The van der Waals surface area contributed by atoms with Crippen molar-refractivity contribution in [1.82, 2.24) is 9.88 Å². The molecule has 2 N–H and O–H groups in total. The summed E-state index contributed by atoms with van der Waals surface area (Å²) in [5.74, 6) is -1.39. The van der Waals surface area contributed by atoms with Crippen LogP contribution in [0.4, 0.5) is 23.7 Å². The number of amides is 2. The predicted octanol–water partition coefficient (Wildman–Crippen LogP) is 7.73. The monoisotopic (exact) mass is 751 g/mol. The third-order valence-corrected chi connectivity index (χ3v) is 13.5. The number of benzene rings is 3. The number of nitrogens with one attached hydrogen (secondary N) is 2. The molecule has 2 amide bonds. The van der Waals surface area contributed by atoms with Crippen LogP contribution in [0, 0.1) is 0 Å². The molecule has 0 spiro atoms. The number of methoxy groups -OCH3 is 1. The zero-order valence-electron chi connectivity index (χ0n) is 30.5. The van der Waals surface area contributed by atoms with Gasteiger partial charge in [-0.25, -0.2) is 9.59 Å². The van der Waals surface area contributed by atoms with E-state index >= 15 is 0 Å². The van der Waals surface area contributed by atoms with Crippen molar-refractivity contribution in [3.63, 3.8) is 0 Å². The first-order chi connectivity index (χ1) is 24.9. The van der Waals surface area contributed by atoms with Gasteiger partial charge in [-0.1, -0.05) is 93.6 Å². The second kappa shape index (κ2) is 17.1. The first-order valence-corrected chi connectivity index (χ1v) is 19.8. The second-order valence-electron chi connectivity index (χ2n) is 14.0. The lowest BCUT2D eigenvalue weighted by atomic mass is 10.0. The lowest BCUT2D eigenvalue weighted by Crippen LogP contribution is -2.58. The number of hydrogen-bond donors (Lipinski definition) is 2. The number of esters is 1. The average molecular weight is 752 g/mol. The number of rotatable bonds is 13. The number of anilines is 1. The molecule has 10 nitrogen and oxygen atoms in total. The van der Waals surface area contributed by atoms with Crippen molar-refractivity contribution in [1.29, 1.82) is 0 Å². The summed E-state index contributed by atoms with van der Waals surface area (Å²) in [6, 6.07) is 24.6. The molecule has 2 atom stereocenters. The first-order valence-electron chi connectivity index (χ1n) is 16.9. The normalized spacial score (nSPS) is 13.1. The first kappa shape index (κ1) is 40.6. The molecule has 53 heavy (non-hydrogen) atoms. The van der Waals surface area contributed by atoms with E-state index in [-0.39, 0.29) is 18.7 Å². The van der Waals surface area contributed by atoms with Crippen LogP contribution in [0.25, 0.3) is 11.3 Å². The summed E-state index contributed by atoms with van der Waals surface area (Å²) in [6.07, 6.45) is -8.33. The SMILES string of the molecule is COC(=O)c1ccc(COC(=O)Nc2ccc(-c3ccccc3)n(CC(=O)NC(Cc3ccccc3)C(O[Si](C)(C)C(C)(C)C)C(F)(F)F)c2=O)cc1. The summed E-state index contributed by atoms with van der Waals surface area (Å²) in [5, 5.41) is 4.39. The average Bonchev–Trinajstić information content (AvgIpc) is 3.11. The highest BCUT2D eigenvalue weighted by molar-refractivity contribution is 6.74. The molecule has 0 aliphatic carbocycles. The Morgan fingerprint density at radius 2 is 1.43 bits per heavy atom. The van der Waals surface area contributed by atoms with Crippen molar-refractivity contribution in [3.05, 3.63) is 124 Å². The maximum Gasteiger partial charge on any atom is 0.415 e. The van der Waals surface area contributed by atoms with Crippen molar-refractivity contribution in [2.45, 2.75) is 76.8 Å². The van der Waals surface area contributed by atoms with Crippen molar-refractivity contribution < 1.29 is 41.5 Å². The zero-order valence-corrected chi connectivity index (χ0v) is 31.5. The Hall–Kier alpha value is -5.21. The van der Waals surface area contributed by atoms with E-state index in [0.717, 1.165) is 4.57 Å². The minimum atomic E-state index is -4.83. The van der Waals surface area contributed by atoms with Gasteiger partial charge in [-0.2, -0.15) is 13.2 Å². The Morgan fingerprint density at radius 3 is 2.00 bits per heavy atom. The number of halogens is 3. The fraction of sp³-hybridized carbons (Fsp3) is 0.333. The number of carbonyl (C=O) groups is 3. The number of alkyl halides is 3. The van der Waals surface area contributed by atoms with Crippen molar-refractivity contribution in [3.8, 4) is 11.3 Å². The maximum absolute atomic E-state index is 14.8. The molecule has 14 heteroatoms. The van der Waals surface area contributed by atoms with E-state index in [0.29, 0.717) is 27.9 Å². The molecule has 0 saturated carbocycles. The van der Waals surface area contributed by atoms with E-state index in [2.05, 4.69) is 15.4 Å². The van der Waals surface area contributed by atoms with E-state index in [4.69, 9.17) is 9.16 Å². The Balaban J connectivity index is 1.63. The summed E-state index contributed by atoms with van der Waals surface area (Å²) >= 11 is 0. The van der Waals surface area contributed by atoms with Gasteiger partial charge in [-0.05, 0) is 65.5 Å². The van der Waals surface area contributed by atoms with Gasteiger partial charge in [0, 0.05) is 0 Å². The summed E-state index contributed by atoms with van der Waals surface area (Å²) in [5.41, 5.74) is 1.26. The van der Waals surface area contributed by atoms with Gasteiger partial charge in [0.05, 0.1) is 24.4 Å². The number of pyridine rings is 1. The summed E-state index contributed by atoms with van der Waals surface area (Å²) in [4.78, 5) is 52.1. The molecule has 4 rings (SSSR count). The van der Waals surface area contributed by atoms with Gasteiger partial charge in [0.1, 0.15) is 18.8 Å².